The van der Waals surface area contributed by atoms with Gasteiger partial charge in [0, 0.05) is 19.0 Å². The van der Waals surface area contributed by atoms with Crippen molar-refractivity contribution in [3.63, 3.8) is 0 Å². The summed E-state index contributed by atoms with van der Waals surface area (Å²) >= 11 is 0. The number of ether oxygens (including phenoxy) is 2. The van der Waals surface area contributed by atoms with Gasteiger partial charge in [0.15, 0.2) is 0 Å². The predicted molar refractivity (Wildman–Crippen MR) is 128 cm³/mol. The van der Waals surface area contributed by atoms with Crippen LogP contribution >= 0.6 is 0 Å². The van der Waals surface area contributed by atoms with Gasteiger partial charge < -0.3 is 24.8 Å². The maximum Gasteiger partial charge on any atom is 0.407 e. The molecule has 0 aromatic heterocycles. The number of carboxylic acid groups (broad SMARTS) is 1. The van der Waals surface area contributed by atoms with Gasteiger partial charge in [0.1, 0.15) is 18.8 Å². The molecule has 184 valence electrons. The van der Waals surface area contributed by atoms with E-state index in [1.54, 1.807) is 0 Å². The van der Waals surface area contributed by atoms with E-state index in [0.717, 1.165) is 11.1 Å². The van der Waals surface area contributed by atoms with Crippen molar-refractivity contribution >= 4 is 18.0 Å². The number of nitrogens with zero attached hydrogens (tertiary/aromatic N) is 1. The van der Waals surface area contributed by atoms with Crippen molar-refractivity contribution in [2.75, 3.05) is 19.7 Å². The quantitative estimate of drug-likeness (QED) is 0.659. The molecule has 2 N–H and O–H groups in total. The Hall–Kier alpha value is -3.39. The molecule has 2 fully saturated rings. The third kappa shape index (κ3) is 4.50. The van der Waals surface area contributed by atoms with Crippen LogP contribution in [0.15, 0.2) is 48.5 Å². The number of amides is 2. The van der Waals surface area contributed by atoms with Crippen LogP contribution in [0.3, 0.4) is 0 Å². The maximum absolute atomic E-state index is 12.9. The highest BCUT2D eigenvalue weighted by Gasteiger charge is 2.43. The Morgan fingerprint density at radius 3 is 2.34 bits per heavy atom. The van der Waals surface area contributed by atoms with Crippen LogP contribution in [0.5, 0.6) is 0 Å². The molecule has 35 heavy (non-hydrogen) atoms. The van der Waals surface area contributed by atoms with Crippen LogP contribution in [0.2, 0.25) is 0 Å². The molecule has 0 saturated carbocycles. The van der Waals surface area contributed by atoms with E-state index in [0.29, 0.717) is 25.8 Å². The summed E-state index contributed by atoms with van der Waals surface area (Å²) < 4.78 is 11.4. The number of carbonyl (C=O) groups excluding carboxylic acids is 2. The first-order valence-corrected chi connectivity index (χ1v) is 12.2. The molecule has 2 amide bonds. The SMILES string of the molecule is CC1CCN(C(=O)C2CCC(CNC(=O)OCC3c4ccccc4-c4ccccc43)O2)C1C(=O)O. The summed E-state index contributed by atoms with van der Waals surface area (Å²) in [5.74, 6) is -1.34. The van der Waals surface area contributed by atoms with E-state index in [1.165, 1.54) is 16.0 Å². The van der Waals surface area contributed by atoms with E-state index in [2.05, 4.69) is 29.6 Å². The molecule has 2 aromatic rings. The van der Waals surface area contributed by atoms with Crippen LogP contribution in [-0.2, 0) is 19.1 Å². The number of aliphatic carboxylic acids is 1. The molecule has 2 aromatic carbocycles. The molecule has 2 saturated heterocycles. The highest BCUT2D eigenvalue weighted by Crippen LogP contribution is 2.44. The number of carboxylic acids is 1. The Morgan fingerprint density at radius 1 is 1.03 bits per heavy atom. The summed E-state index contributed by atoms with van der Waals surface area (Å²) in [6, 6.07) is 15.5. The number of likely N-dealkylation sites (tertiary alicyclic amines) is 1. The first kappa shape index (κ1) is 23.4. The van der Waals surface area contributed by atoms with E-state index in [4.69, 9.17) is 9.47 Å². The lowest BCUT2D eigenvalue weighted by molar-refractivity contribution is -0.154. The maximum atomic E-state index is 12.9. The normalized spacial score (nSPS) is 25.2. The fourth-order valence-corrected chi connectivity index (χ4v) is 5.64. The van der Waals surface area contributed by atoms with Crippen molar-refractivity contribution in [3.05, 3.63) is 59.7 Å². The summed E-state index contributed by atoms with van der Waals surface area (Å²) in [7, 11) is 0. The molecule has 8 heteroatoms. The van der Waals surface area contributed by atoms with Gasteiger partial charge in [-0.1, -0.05) is 55.5 Å². The van der Waals surface area contributed by atoms with Crippen molar-refractivity contribution in [3.8, 4) is 11.1 Å². The zero-order valence-corrected chi connectivity index (χ0v) is 19.7. The van der Waals surface area contributed by atoms with E-state index in [9.17, 15) is 19.5 Å². The van der Waals surface area contributed by atoms with Crippen molar-refractivity contribution in [2.45, 2.75) is 50.4 Å². The average molecular weight is 479 g/mol. The second-order valence-corrected chi connectivity index (χ2v) is 9.61. The topological polar surface area (TPSA) is 105 Å². The highest BCUT2D eigenvalue weighted by molar-refractivity contribution is 5.87. The van der Waals surface area contributed by atoms with Gasteiger partial charge in [-0.3, -0.25) is 4.79 Å². The number of alkyl carbamates (subject to hydrolysis) is 1. The van der Waals surface area contributed by atoms with Crippen molar-refractivity contribution in [2.24, 2.45) is 5.92 Å². The largest absolute Gasteiger partial charge is 0.480 e. The zero-order valence-electron chi connectivity index (χ0n) is 19.7. The number of fused-ring (bicyclic) bond motifs is 3. The summed E-state index contributed by atoms with van der Waals surface area (Å²) in [4.78, 5) is 38.3. The van der Waals surface area contributed by atoms with E-state index < -0.39 is 24.2 Å². The van der Waals surface area contributed by atoms with Crippen LogP contribution in [0.1, 0.15) is 43.2 Å². The molecule has 5 rings (SSSR count). The lowest BCUT2D eigenvalue weighted by atomic mass is 9.98. The van der Waals surface area contributed by atoms with Crippen LogP contribution in [0.25, 0.3) is 11.1 Å². The molecule has 4 unspecified atom stereocenters. The Balaban J connectivity index is 1.11. The first-order chi connectivity index (χ1) is 16.9. The molecule has 4 atom stereocenters. The van der Waals surface area contributed by atoms with Gasteiger partial charge in [0.25, 0.3) is 5.91 Å². The number of hydrogen-bond acceptors (Lipinski definition) is 5. The average Bonchev–Trinajstić information content (AvgIpc) is 3.57. The van der Waals surface area contributed by atoms with Gasteiger partial charge in [-0.15, -0.1) is 0 Å². The van der Waals surface area contributed by atoms with Crippen LogP contribution in [0, 0.1) is 5.92 Å². The van der Waals surface area contributed by atoms with Gasteiger partial charge in [0.05, 0.1) is 6.10 Å². The van der Waals surface area contributed by atoms with Crippen molar-refractivity contribution in [1.82, 2.24) is 10.2 Å². The second kappa shape index (κ2) is 9.70. The fraction of sp³-hybridized carbons (Fsp3) is 0.444. The van der Waals surface area contributed by atoms with Gasteiger partial charge >= 0.3 is 12.1 Å². The molecule has 8 nitrogen and oxygen atoms in total. The Labute approximate surface area is 204 Å². The molecular formula is C27H30N2O6. The monoisotopic (exact) mass is 478 g/mol. The minimum absolute atomic E-state index is 0.0112. The molecule has 0 radical (unpaired) electrons. The van der Waals surface area contributed by atoms with Gasteiger partial charge in [0.2, 0.25) is 0 Å². The third-order valence-corrected chi connectivity index (χ3v) is 7.44. The number of benzene rings is 2. The van der Waals surface area contributed by atoms with Gasteiger partial charge in [-0.2, -0.15) is 0 Å². The molecule has 1 aliphatic carbocycles. The Kier molecular flexibility index (Phi) is 6.47. The zero-order chi connectivity index (χ0) is 24.5. The fourth-order valence-electron chi connectivity index (χ4n) is 5.64. The minimum atomic E-state index is -0.977. The molecule has 0 bridgehead atoms. The standard InChI is InChI=1S/C27H30N2O6/c1-16-12-13-29(24(16)26(31)32)25(30)23-11-10-17(35-23)14-28-27(33)34-15-22-20-8-4-2-6-18(20)19-7-3-5-9-21(19)22/h2-9,16-17,22-24H,10-15H2,1H3,(H,28,33)(H,31,32). The summed E-state index contributed by atoms with van der Waals surface area (Å²) in [6.07, 6.45) is 0.282. The van der Waals surface area contributed by atoms with Crippen LogP contribution < -0.4 is 5.32 Å². The highest BCUT2D eigenvalue weighted by atomic mass is 16.6. The van der Waals surface area contributed by atoms with Crippen molar-refractivity contribution in [1.29, 1.82) is 0 Å². The Morgan fingerprint density at radius 2 is 1.69 bits per heavy atom. The van der Waals surface area contributed by atoms with Crippen LogP contribution in [0.4, 0.5) is 4.79 Å². The van der Waals surface area contributed by atoms with Gasteiger partial charge in [-0.25, -0.2) is 9.59 Å². The molecular weight excluding hydrogens is 448 g/mol. The smallest absolute Gasteiger partial charge is 0.407 e. The Bertz CT molecular complexity index is 1090. The molecule has 2 aliphatic heterocycles. The van der Waals surface area contributed by atoms with Crippen molar-refractivity contribution < 1.29 is 29.0 Å². The van der Waals surface area contributed by atoms with E-state index in [-0.39, 0.29) is 37.0 Å². The minimum Gasteiger partial charge on any atom is -0.480 e. The summed E-state index contributed by atoms with van der Waals surface area (Å²) in [5.41, 5.74) is 4.64. The molecule has 0 spiro atoms. The molecule has 2 heterocycles. The predicted octanol–water partition coefficient (Wildman–Crippen LogP) is 3.39. The number of rotatable bonds is 6. The van der Waals surface area contributed by atoms with Crippen LogP contribution in [-0.4, -0.2) is 65.9 Å². The lowest BCUT2D eigenvalue weighted by Crippen LogP contribution is -2.47. The van der Waals surface area contributed by atoms with Gasteiger partial charge in [-0.05, 0) is 47.4 Å². The summed E-state index contributed by atoms with van der Waals surface area (Å²) in [6.45, 7) is 2.75. The number of carbonyl (C=O) groups is 3. The third-order valence-electron chi connectivity index (χ3n) is 7.44. The van der Waals surface area contributed by atoms with E-state index in [1.807, 2.05) is 31.2 Å². The molecule has 3 aliphatic rings. The first-order valence-electron chi connectivity index (χ1n) is 12.2. The number of nitrogens with one attached hydrogen (secondary N) is 1. The summed E-state index contributed by atoms with van der Waals surface area (Å²) in [5, 5.41) is 12.2. The number of hydrogen-bond donors (Lipinski definition) is 2. The second-order valence-electron chi connectivity index (χ2n) is 9.61. The van der Waals surface area contributed by atoms with E-state index >= 15 is 0 Å². The lowest BCUT2D eigenvalue weighted by Gasteiger charge is -2.26.